The van der Waals surface area contributed by atoms with Crippen molar-refractivity contribution in [2.24, 2.45) is 0 Å². The molecule has 0 aliphatic rings. The van der Waals surface area contributed by atoms with Crippen molar-refractivity contribution in [2.45, 2.75) is 26.2 Å². The average Bonchev–Trinajstić information content (AvgIpc) is 2.87. The molecule has 0 aliphatic heterocycles. The Kier molecular flexibility index (Phi) is 3.93. The maximum absolute atomic E-state index is 13.0. The molecule has 0 radical (unpaired) electrons. The molecule has 0 saturated heterocycles. The molecule has 0 fully saturated rings. The second-order valence-electron chi connectivity index (χ2n) is 4.93. The molecular weight excluding hydrogens is 282 g/mol. The third kappa shape index (κ3) is 2.86. The summed E-state index contributed by atoms with van der Waals surface area (Å²) >= 11 is 0. The summed E-state index contributed by atoms with van der Waals surface area (Å²) in [6.07, 6.45) is -2.83. The number of carboxylic acid groups (broad SMARTS) is 1. The predicted molar refractivity (Wildman–Crippen MR) is 71.7 cm³/mol. The maximum atomic E-state index is 13.0. The molecule has 1 aromatic heterocycles. The summed E-state index contributed by atoms with van der Waals surface area (Å²) in [5, 5.41) is 24.9. The minimum Gasteiger partial charge on any atom is -0.507 e. The van der Waals surface area contributed by atoms with Gasteiger partial charge in [-0.1, -0.05) is 13.8 Å². The van der Waals surface area contributed by atoms with Gasteiger partial charge in [-0.25, -0.2) is 13.6 Å². The lowest BCUT2D eigenvalue weighted by Crippen LogP contribution is -1.95. The first-order valence-electron chi connectivity index (χ1n) is 6.25. The molecular formula is C14H14F2N2O3. The number of aromatic nitrogens is 2. The Morgan fingerprint density at radius 2 is 1.95 bits per heavy atom. The van der Waals surface area contributed by atoms with Crippen LogP contribution in [0.1, 0.15) is 47.8 Å². The monoisotopic (exact) mass is 296 g/mol. The minimum absolute atomic E-state index is 0.0280. The average molecular weight is 296 g/mol. The van der Waals surface area contributed by atoms with Crippen LogP contribution in [0.25, 0.3) is 11.3 Å². The van der Waals surface area contributed by atoms with Gasteiger partial charge in [0, 0.05) is 5.56 Å². The van der Waals surface area contributed by atoms with E-state index in [0.717, 1.165) is 0 Å². The summed E-state index contributed by atoms with van der Waals surface area (Å²) < 4.78 is 26.0. The van der Waals surface area contributed by atoms with Gasteiger partial charge in [-0.3, -0.25) is 5.10 Å². The van der Waals surface area contributed by atoms with Gasteiger partial charge in [-0.2, -0.15) is 5.10 Å². The molecule has 2 rings (SSSR count). The Morgan fingerprint density at radius 1 is 1.29 bits per heavy atom. The van der Waals surface area contributed by atoms with Crippen molar-refractivity contribution in [3.8, 4) is 17.0 Å². The number of carbonyl (C=O) groups is 1. The first kappa shape index (κ1) is 15.0. The van der Waals surface area contributed by atoms with Gasteiger partial charge in [0.2, 0.25) is 0 Å². The largest absolute Gasteiger partial charge is 0.507 e. The van der Waals surface area contributed by atoms with E-state index in [1.165, 1.54) is 18.2 Å². The highest BCUT2D eigenvalue weighted by Gasteiger charge is 2.21. The number of aromatic carboxylic acids is 1. The smallest absolute Gasteiger partial charge is 0.353 e. The van der Waals surface area contributed by atoms with Crippen molar-refractivity contribution in [2.75, 3.05) is 0 Å². The fraction of sp³-hybridized carbons (Fsp3) is 0.286. The third-order valence-electron chi connectivity index (χ3n) is 3.15. The molecule has 2 aromatic rings. The molecule has 5 nitrogen and oxygen atoms in total. The van der Waals surface area contributed by atoms with Gasteiger partial charge in [0.25, 0.3) is 6.43 Å². The molecule has 0 amide bonds. The van der Waals surface area contributed by atoms with Crippen LogP contribution in [0.3, 0.4) is 0 Å². The second kappa shape index (κ2) is 5.51. The van der Waals surface area contributed by atoms with Crippen molar-refractivity contribution in [3.63, 3.8) is 0 Å². The fourth-order valence-corrected chi connectivity index (χ4v) is 1.94. The summed E-state index contributed by atoms with van der Waals surface area (Å²) in [6.45, 7) is 3.66. The predicted octanol–water partition coefficient (Wildman–Crippen LogP) is 3.54. The van der Waals surface area contributed by atoms with E-state index in [2.05, 4.69) is 10.2 Å². The molecule has 0 unspecified atom stereocenters. The van der Waals surface area contributed by atoms with E-state index in [9.17, 15) is 18.7 Å². The first-order chi connectivity index (χ1) is 9.81. The number of aromatic amines is 1. The summed E-state index contributed by atoms with van der Waals surface area (Å²) in [5.74, 6) is -1.83. The summed E-state index contributed by atoms with van der Waals surface area (Å²) in [6, 6.07) is 3.98. The van der Waals surface area contributed by atoms with Crippen molar-refractivity contribution in [1.82, 2.24) is 10.2 Å². The molecule has 0 saturated carbocycles. The molecule has 21 heavy (non-hydrogen) atoms. The quantitative estimate of drug-likeness (QED) is 0.805. The number of rotatable bonds is 4. The Balaban J connectivity index is 2.63. The summed E-state index contributed by atoms with van der Waals surface area (Å²) in [5.41, 5.74) is 0.126. The number of halogens is 2. The summed E-state index contributed by atoms with van der Waals surface area (Å²) in [4.78, 5) is 10.8. The zero-order chi connectivity index (χ0) is 15.7. The Labute approximate surface area is 119 Å². The lowest BCUT2D eigenvalue weighted by molar-refractivity contribution is 0.0690. The molecule has 0 spiro atoms. The van der Waals surface area contributed by atoms with Gasteiger partial charge in [0.15, 0.2) is 0 Å². The van der Waals surface area contributed by atoms with Crippen LogP contribution in [-0.2, 0) is 0 Å². The minimum atomic E-state index is -2.83. The highest BCUT2D eigenvalue weighted by atomic mass is 19.3. The number of alkyl halides is 2. The fourth-order valence-electron chi connectivity index (χ4n) is 1.94. The zero-order valence-electron chi connectivity index (χ0n) is 11.4. The van der Waals surface area contributed by atoms with E-state index in [-0.39, 0.29) is 22.9 Å². The van der Waals surface area contributed by atoms with Gasteiger partial charge in [-0.05, 0) is 29.7 Å². The first-order valence-corrected chi connectivity index (χ1v) is 6.25. The van der Waals surface area contributed by atoms with Gasteiger partial charge in [0.05, 0.1) is 11.3 Å². The number of H-pyrrole nitrogens is 1. The zero-order valence-corrected chi connectivity index (χ0v) is 11.4. The van der Waals surface area contributed by atoms with E-state index in [4.69, 9.17) is 5.11 Å². The van der Waals surface area contributed by atoms with Crippen LogP contribution >= 0.6 is 0 Å². The van der Waals surface area contributed by atoms with Gasteiger partial charge >= 0.3 is 5.97 Å². The van der Waals surface area contributed by atoms with Crippen molar-refractivity contribution >= 4 is 5.97 Å². The Morgan fingerprint density at radius 3 is 2.43 bits per heavy atom. The van der Waals surface area contributed by atoms with Gasteiger partial charge in [0.1, 0.15) is 11.4 Å². The molecule has 1 aromatic carbocycles. The van der Waals surface area contributed by atoms with Crippen molar-refractivity contribution < 1.29 is 23.8 Å². The number of phenols is 1. The number of nitrogens with zero attached hydrogens (tertiary/aromatic N) is 1. The van der Waals surface area contributed by atoms with E-state index in [1.54, 1.807) is 0 Å². The molecule has 0 atom stereocenters. The maximum Gasteiger partial charge on any atom is 0.353 e. The Hall–Kier alpha value is -2.44. The van der Waals surface area contributed by atoms with Crippen LogP contribution in [0.2, 0.25) is 0 Å². The van der Waals surface area contributed by atoms with Crippen LogP contribution in [0.15, 0.2) is 18.2 Å². The number of aromatic hydroxyl groups is 1. The SMILES string of the molecule is CC(C)c1cc(-c2cc(C(=O)O)[nH]n2)c(O)c(C(F)F)c1. The van der Waals surface area contributed by atoms with Crippen molar-refractivity contribution in [1.29, 1.82) is 0 Å². The molecule has 0 aliphatic carbocycles. The number of hydrogen-bond acceptors (Lipinski definition) is 3. The highest BCUT2D eigenvalue weighted by molar-refractivity contribution is 5.87. The van der Waals surface area contributed by atoms with Gasteiger partial charge in [-0.15, -0.1) is 0 Å². The molecule has 0 bridgehead atoms. The van der Waals surface area contributed by atoms with Crippen LogP contribution in [0.5, 0.6) is 5.75 Å². The van der Waals surface area contributed by atoms with E-state index in [0.29, 0.717) is 5.56 Å². The molecule has 1 heterocycles. The second-order valence-corrected chi connectivity index (χ2v) is 4.93. The Bertz CT molecular complexity index is 681. The molecule has 3 N–H and O–H groups in total. The van der Waals surface area contributed by atoms with Crippen LogP contribution < -0.4 is 0 Å². The topological polar surface area (TPSA) is 86.2 Å². The third-order valence-corrected chi connectivity index (χ3v) is 3.15. The lowest BCUT2D eigenvalue weighted by atomic mass is 9.95. The van der Waals surface area contributed by atoms with Crippen LogP contribution in [-0.4, -0.2) is 26.4 Å². The van der Waals surface area contributed by atoms with Crippen molar-refractivity contribution in [3.05, 3.63) is 35.0 Å². The molecule has 112 valence electrons. The van der Waals surface area contributed by atoms with Crippen LogP contribution in [0.4, 0.5) is 8.78 Å². The number of carboxylic acids is 1. The van der Waals surface area contributed by atoms with E-state index < -0.39 is 23.7 Å². The van der Waals surface area contributed by atoms with E-state index in [1.807, 2.05) is 13.8 Å². The van der Waals surface area contributed by atoms with Crippen LogP contribution in [0, 0.1) is 0 Å². The highest BCUT2D eigenvalue weighted by Crippen LogP contribution is 2.39. The standard InChI is InChI=1S/C14H14F2N2O3/c1-6(2)7-3-8(12(19)9(4-7)13(15)16)10-5-11(14(20)21)18-17-10/h3-6,13,19H,1-2H3,(H,17,18)(H,20,21). The lowest BCUT2D eigenvalue weighted by Gasteiger charge is -2.13. The molecule has 7 heteroatoms. The normalized spacial score (nSPS) is 11.3. The van der Waals surface area contributed by atoms with Gasteiger partial charge < -0.3 is 10.2 Å². The number of hydrogen-bond donors (Lipinski definition) is 3. The summed E-state index contributed by atoms with van der Waals surface area (Å²) in [7, 11) is 0. The number of phenolic OH excluding ortho intramolecular Hbond substituents is 1. The number of nitrogens with one attached hydrogen (secondary N) is 1. The number of benzene rings is 1. The van der Waals surface area contributed by atoms with E-state index >= 15 is 0 Å².